The number of hydrogen-bond donors (Lipinski definition) is 1. The highest BCUT2D eigenvalue weighted by Gasteiger charge is 2.14. The normalized spacial score (nSPS) is 14.9. The Hall–Kier alpha value is -1.74. The molecule has 0 bridgehead atoms. The van der Waals surface area contributed by atoms with E-state index in [2.05, 4.69) is 36.5 Å². The van der Waals surface area contributed by atoms with Crippen LogP contribution in [0.1, 0.15) is 41.2 Å². The molecule has 0 saturated heterocycles. The van der Waals surface area contributed by atoms with Crippen LogP contribution in [-0.4, -0.2) is 6.61 Å². The van der Waals surface area contributed by atoms with Gasteiger partial charge in [-0.2, -0.15) is 0 Å². The van der Waals surface area contributed by atoms with Gasteiger partial charge in [-0.05, 0) is 44.0 Å². The van der Waals surface area contributed by atoms with Crippen molar-refractivity contribution in [1.82, 2.24) is 5.32 Å². The molecular weight excluding hydrogens is 250 g/mol. The highest BCUT2D eigenvalue weighted by atomic mass is 16.5. The van der Waals surface area contributed by atoms with Gasteiger partial charge in [-0.1, -0.05) is 12.1 Å². The number of aryl methyl sites for hydroxylation is 2. The Morgan fingerprint density at radius 2 is 2.10 bits per heavy atom. The van der Waals surface area contributed by atoms with Gasteiger partial charge in [0.1, 0.15) is 17.3 Å². The molecule has 2 heterocycles. The van der Waals surface area contributed by atoms with Crippen LogP contribution in [0.2, 0.25) is 0 Å². The highest BCUT2D eigenvalue weighted by Crippen LogP contribution is 2.26. The van der Waals surface area contributed by atoms with Crippen molar-refractivity contribution in [1.29, 1.82) is 0 Å². The van der Waals surface area contributed by atoms with Gasteiger partial charge in [-0.3, -0.25) is 0 Å². The molecule has 1 N–H and O–H groups in total. The second kappa shape index (κ2) is 5.33. The minimum atomic E-state index is 0.289. The topological polar surface area (TPSA) is 34.4 Å². The van der Waals surface area contributed by atoms with E-state index in [9.17, 15) is 0 Å². The van der Waals surface area contributed by atoms with Crippen LogP contribution in [0.25, 0.3) is 0 Å². The summed E-state index contributed by atoms with van der Waals surface area (Å²) in [7, 11) is 0. The first kappa shape index (κ1) is 13.3. The van der Waals surface area contributed by atoms with E-state index in [-0.39, 0.29) is 6.04 Å². The summed E-state index contributed by atoms with van der Waals surface area (Å²) in [4.78, 5) is 0. The van der Waals surface area contributed by atoms with Crippen LogP contribution in [0.15, 0.2) is 28.7 Å². The Morgan fingerprint density at radius 1 is 1.25 bits per heavy atom. The lowest BCUT2D eigenvalue weighted by molar-refractivity contribution is 0.357. The minimum absolute atomic E-state index is 0.289. The molecular formula is C17H21NO2. The number of hydrogen-bond acceptors (Lipinski definition) is 3. The van der Waals surface area contributed by atoms with Crippen LogP contribution < -0.4 is 10.1 Å². The van der Waals surface area contributed by atoms with Gasteiger partial charge in [0.25, 0.3) is 0 Å². The summed E-state index contributed by atoms with van der Waals surface area (Å²) in [5.41, 5.74) is 3.87. The summed E-state index contributed by atoms with van der Waals surface area (Å²) in [5, 5.41) is 3.56. The highest BCUT2D eigenvalue weighted by molar-refractivity contribution is 5.39. The van der Waals surface area contributed by atoms with Gasteiger partial charge in [0, 0.05) is 24.6 Å². The summed E-state index contributed by atoms with van der Waals surface area (Å²) >= 11 is 0. The number of furan rings is 1. The van der Waals surface area contributed by atoms with Crippen LogP contribution in [0.3, 0.4) is 0 Å². The molecule has 1 aromatic carbocycles. The van der Waals surface area contributed by atoms with Gasteiger partial charge in [-0.15, -0.1) is 0 Å². The van der Waals surface area contributed by atoms with E-state index in [1.165, 1.54) is 16.7 Å². The second-order valence-electron chi connectivity index (χ2n) is 5.51. The standard InChI is InChI=1S/C17H21NO2/c1-11-8-16(13(3)20-11)12(2)18-10-14-4-5-17-15(9-14)6-7-19-17/h4-5,8-9,12,18H,6-7,10H2,1-3H3. The molecule has 1 unspecified atom stereocenters. The molecule has 3 nitrogen and oxygen atoms in total. The van der Waals surface area contributed by atoms with E-state index < -0.39 is 0 Å². The van der Waals surface area contributed by atoms with E-state index in [0.717, 1.165) is 36.8 Å². The number of fused-ring (bicyclic) bond motifs is 1. The Labute approximate surface area is 119 Å². The summed E-state index contributed by atoms with van der Waals surface area (Å²) in [6, 6.07) is 8.87. The van der Waals surface area contributed by atoms with Crippen LogP contribution >= 0.6 is 0 Å². The van der Waals surface area contributed by atoms with Gasteiger partial charge >= 0.3 is 0 Å². The molecule has 0 aliphatic carbocycles. The first-order valence-electron chi connectivity index (χ1n) is 7.18. The third-order valence-electron chi connectivity index (χ3n) is 3.91. The quantitative estimate of drug-likeness (QED) is 0.921. The summed E-state index contributed by atoms with van der Waals surface area (Å²) in [5.74, 6) is 3.02. The molecule has 0 fully saturated rings. The average molecular weight is 271 g/mol. The van der Waals surface area contributed by atoms with Gasteiger partial charge < -0.3 is 14.5 Å². The smallest absolute Gasteiger partial charge is 0.122 e. The zero-order chi connectivity index (χ0) is 14.1. The zero-order valence-electron chi connectivity index (χ0n) is 12.3. The van der Waals surface area contributed by atoms with Gasteiger partial charge in [-0.25, -0.2) is 0 Å². The second-order valence-corrected chi connectivity index (χ2v) is 5.51. The fourth-order valence-corrected chi connectivity index (χ4v) is 2.81. The van der Waals surface area contributed by atoms with Crippen molar-refractivity contribution in [2.75, 3.05) is 6.61 Å². The molecule has 2 aromatic rings. The van der Waals surface area contributed by atoms with Crippen molar-refractivity contribution in [3.8, 4) is 5.75 Å². The van der Waals surface area contributed by atoms with Crippen LogP contribution in [0.5, 0.6) is 5.75 Å². The van der Waals surface area contributed by atoms with Crippen LogP contribution in [0.4, 0.5) is 0 Å². The lowest BCUT2D eigenvalue weighted by Gasteiger charge is -2.13. The molecule has 1 aliphatic heterocycles. The maximum absolute atomic E-state index is 5.59. The molecule has 0 spiro atoms. The summed E-state index contributed by atoms with van der Waals surface area (Å²) in [6.45, 7) is 7.86. The summed E-state index contributed by atoms with van der Waals surface area (Å²) in [6.07, 6.45) is 1.03. The maximum atomic E-state index is 5.59. The zero-order valence-corrected chi connectivity index (χ0v) is 12.3. The Bertz CT molecular complexity index is 615. The molecule has 106 valence electrons. The Kier molecular flexibility index (Phi) is 3.53. The SMILES string of the molecule is Cc1cc(C(C)NCc2ccc3c(c2)CCO3)c(C)o1. The van der Waals surface area contributed by atoms with Crippen molar-refractivity contribution in [2.45, 2.75) is 39.8 Å². The maximum Gasteiger partial charge on any atom is 0.122 e. The third kappa shape index (κ3) is 2.59. The molecule has 20 heavy (non-hydrogen) atoms. The van der Waals surface area contributed by atoms with E-state index in [1.54, 1.807) is 0 Å². The summed E-state index contributed by atoms with van der Waals surface area (Å²) < 4.78 is 11.1. The fraction of sp³-hybridized carbons (Fsp3) is 0.412. The van der Waals surface area contributed by atoms with Crippen molar-refractivity contribution >= 4 is 0 Å². The molecule has 0 saturated carbocycles. The van der Waals surface area contributed by atoms with Crippen LogP contribution in [0, 0.1) is 13.8 Å². The third-order valence-corrected chi connectivity index (χ3v) is 3.91. The Balaban J connectivity index is 1.66. The average Bonchev–Trinajstić information content (AvgIpc) is 3.01. The van der Waals surface area contributed by atoms with Gasteiger partial charge in [0.15, 0.2) is 0 Å². The number of rotatable bonds is 4. The van der Waals surface area contributed by atoms with Crippen LogP contribution in [-0.2, 0) is 13.0 Å². The predicted octanol–water partition coefficient (Wildman–Crippen LogP) is 3.68. The van der Waals surface area contributed by atoms with E-state index in [1.807, 2.05) is 13.8 Å². The van der Waals surface area contributed by atoms with Crippen molar-refractivity contribution in [2.24, 2.45) is 0 Å². The molecule has 1 aliphatic rings. The first-order chi connectivity index (χ1) is 9.63. The molecule has 3 heteroatoms. The van der Waals surface area contributed by atoms with Crippen molar-refractivity contribution in [3.05, 3.63) is 52.5 Å². The molecule has 0 radical (unpaired) electrons. The molecule has 1 aromatic heterocycles. The van der Waals surface area contributed by atoms with Crippen molar-refractivity contribution in [3.63, 3.8) is 0 Å². The fourth-order valence-electron chi connectivity index (χ4n) is 2.81. The van der Waals surface area contributed by atoms with E-state index in [0.29, 0.717) is 0 Å². The molecule has 1 atom stereocenters. The lowest BCUT2D eigenvalue weighted by atomic mass is 10.1. The van der Waals surface area contributed by atoms with Gasteiger partial charge in [0.2, 0.25) is 0 Å². The first-order valence-corrected chi connectivity index (χ1v) is 7.18. The minimum Gasteiger partial charge on any atom is -0.493 e. The monoisotopic (exact) mass is 271 g/mol. The van der Waals surface area contributed by atoms with E-state index >= 15 is 0 Å². The number of ether oxygens (including phenoxy) is 1. The number of benzene rings is 1. The van der Waals surface area contributed by atoms with Gasteiger partial charge in [0.05, 0.1) is 6.61 Å². The number of nitrogens with one attached hydrogen (secondary N) is 1. The largest absolute Gasteiger partial charge is 0.493 e. The molecule has 0 amide bonds. The predicted molar refractivity (Wildman–Crippen MR) is 79.1 cm³/mol. The van der Waals surface area contributed by atoms with Crippen molar-refractivity contribution < 1.29 is 9.15 Å². The Morgan fingerprint density at radius 3 is 2.85 bits per heavy atom. The lowest BCUT2D eigenvalue weighted by Crippen LogP contribution is -2.18. The van der Waals surface area contributed by atoms with E-state index in [4.69, 9.17) is 9.15 Å². The molecule has 3 rings (SSSR count).